The highest BCUT2D eigenvalue weighted by Gasteiger charge is 2.11. The van der Waals surface area contributed by atoms with Gasteiger partial charge >= 0.3 is 5.69 Å². The summed E-state index contributed by atoms with van der Waals surface area (Å²) >= 11 is 1.28. The zero-order valence-electron chi connectivity index (χ0n) is 9.69. The van der Waals surface area contributed by atoms with E-state index in [1.165, 1.54) is 11.3 Å². The van der Waals surface area contributed by atoms with E-state index < -0.39 is 0 Å². The maximum absolute atomic E-state index is 12.0. The first kappa shape index (κ1) is 11.5. The Labute approximate surface area is 111 Å². The number of imidazole rings is 1. The fourth-order valence-corrected chi connectivity index (χ4v) is 2.51. The molecule has 0 aliphatic rings. The molecule has 0 unspecified atom stereocenters. The lowest BCUT2D eigenvalue weighted by molar-refractivity contribution is 0.103. The predicted octanol–water partition coefficient (Wildman–Crippen LogP) is 1.75. The third-order valence-electron chi connectivity index (χ3n) is 2.68. The standard InChI is InChI=1S/C12H10N4O2S/c13-7-3-4-19-10(7)11(17)14-6-1-2-8-9(5-6)16-12(18)15-8/h1-5H,13H2,(H,14,17)(H2,15,16,18). The largest absolute Gasteiger partial charge is 0.397 e. The van der Waals surface area contributed by atoms with Gasteiger partial charge in [0, 0.05) is 5.69 Å². The molecule has 5 N–H and O–H groups in total. The van der Waals surface area contributed by atoms with E-state index in [2.05, 4.69) is 15.3 Å². The highest BCUT2D eigenvalue weighted by Crippen LogP contribution is 2.21. The van der Waals surface area contributed by atoms with Crippen LogP contribution in [0.25, 0.3) is 11.0 Å². The van der Waals surface area contributed by atoms with Crippen LogP contribution in [0.3, 0.4) is 0 Å². The second kappa shape index (κ2) is 4.29. The molecule has 1 aromatic carbocycles. The molecule has 19 heavy (non-hydrogen) atoms. The van der Waals surface area contributed by atoms with E-state index in [-0.39, 0.29) is 11.6 Å². The van der Waals surface area contributed by atoms with Crippen LogP contribution in [0.15, 0.2) is 34.4 Å². The van der Waals surface area contributed by atoms with Crippen molar-refractivity contribution in [2.45, 2.75) is 0 Å². The van der Waals surface area contributed by atoms with Gasteiger partial charge in [-0.1, -0.05) is 0 Å². The SMILES string of the molecule is Nc1ccsc1C(=O)Nc1ccc2[nH]c(=O)[nH]c2c1. The number of fused-ring (bicyclic) bond motifs is 1. The van der Waals surface area contributed by atoms with Crippen molar-refractivity contribution in [3.8, 4) is 0 Å². The molecule has 0 atom stereocenters. The van der Waals surface area contributed by atoms with E-state index in [9.17, 15) is 9.59 Å². The molecule has 0 spiro atoms. The summed E-state index contributed by atoms with van der Waals surface area (Å²) in [6.07, 6.45) is 0. The van der Waals surface area contributed by atoms with Crippen LogP contribution in [0, 0.1) is 0 Å². The molecule has 2 heterocycles. The number of amides is 1. The van der Waals surface area contributed by atoms with E-state index in [4.69, 9.17) is 5.73 Å². The van der Waals surface area contributed by atoms with Crippen LogP contribution in [-0.4, -0.2) is 15.9 Å². The summed E-state index contributed by atoms with van der Waals surface area (Å²) in [7, 11) is 0. The molecule has 96 valence electrons. The quantitative estimate of drug-likeness (QED) is 0.572. The Morgan fingerprint density at radius 3 is 2.74 bits per heavy atom. The van der Waals surface area contributed by atoms with Gasteiger partial charge in [-0.15, -0.1) is 11.3 Å². The lowest BCUT2D eigenvalue weighted by atomic mass is 10.2. The molecule has 2 aromatic heterocycles. The molecule has 0 saturated carbocycles. The Morgan fingerprint density at radius 2 is 2.00 bits per heavy atom. The van der Waals surface area contributed by atoms with Crippen LogP contribution in [0.2, 0.25) is 0 Å². The van der Waals surface area contributed by atoms with Gasteiger partial charge in [-0.25, -0.2) is 4.79 Å². The van der Waals surface area contributed by atoms with Crippen LogP contribution < -0.4 is 16.7 Å². The van der Waals surface area contributed by atoms with Crippen molar-refractivity contribution in [3.05, 3.63) is 45.0 Å². The molecule has 0 aliphatic carbocycles. The molecule has 0 radical (unpaired) electrons. The topological polar surface area (TPSA) is 104 Å². The second-order valence-corrected chi connectivity index (χ2v) is 4.91. The number of anilines is 2. The molecule has 0 aliphatic heterocycles. The first-order valence-electron chi connectivity index (χ1n) is 5.50. The molecule has 0 bridgehead atoms. The molecule has 0 saturated heterocycles. The maximum Gasteiger partial charge on any atom is 0.323 e. The van der Waals surface area contributed by atoms with E-state index in [0.717, 1.165) is 0 Å². The average molecular weight is 274 g/mol. The summed E-state index contributed by atoms with van der Waals surface area (Å²) in [5.41, 5.74) is 7.80. The molecule has 3 rings (SSSR count). The number of carbonyl (C=O) groups excluding carboxylic acids is 1. The Balaban J connectivity index is 1.91. The first-order valence-corrected chi connectivity index (χ1v) is 6.38. The number of hydrogen-bond acceptors (Lipinski definition) is 4. The van der Waals surface area contributed by atoms with Gasteiger partial charge in [-0.3, -0.25) is 4.79 Å². The van der Waals surface area contributed by atoms with Crippen molar-refractivity contribution in [2.24, 2.45) is 0 Å². The highest BCUT2D eigenvalue weighted by atomic mass is 32.1. The lowest BCUT2D eigenvalue weighted by Gasteiger charge is -2.04. The van der Waals surface area contributed by atoms with Crippen molar-refractivity contribution in [1.29, 1.82) is 0 Å². The van der Waals surface area contributed by atoms with Gasteiger partial charge in [0.2, 0.25) is 0 Å². The number of aromatic nitrogens is 2. The minimum atomic E-state index is -0.277. The van der Waals surface area contributed by atoms with E-state index in [1.54, 1.807) is 29.6 Å². The van der Waals surface area contributed by atoms with Crippen molar-refractivity contribution < 1.29 is 4.79 Å². The number of aromatic amines is 2. The Bertz CT molecular complexity index is 814. The number of rotatable bonds is 2. The van der Waals surface area contributed by atoms with Crippen LogP contribution in [0.1, 0.15) is 9.67 Å². The normalized spacial score (nSPS) is 10.7. The average Bonchev–Trinajstić information content (AvgIpc) is 2.93. The third kappa shape index (κ3) is 2.11. The fourth-order valence-electron chi connectivity index (χ4n) is 1.80. The van der Waals surface area contributed by atoms with Gasteiger partial charge < -0.3 is 21.0 Å². The number of nitrogen functional groups attached to an aromatic ring is 1. The maximum atomic E-state index is 12.0. The van der Waals surface area contributed by atoms with Crippen molar-refractivity contribution in [3.63, 3.8) is 0 Å². The first-order chi connectivity index (χ1) is 9.13. The van der Waals surface area contributed by atoms with Crippen LogP contribution in [0.5, 0.6) is 0 Å². The smallest absolute Gasteiger partial charge is 0.323 e. The van der Waals surface area contributed by atoms with Crippen LogP contribution >= 0.6 is 11.3 Å². The van der Waals surface area contributed by atoms with Crippen molar-refractivity contribution in [2.75, 3.05) is 11.1 Å². The number of carbonyl (C=O) groups is 1. The van der Waals surface area contributed by atoms with Gasteiger partial charge in [0.15, 0.2) is 0 Å². The molecular weight excluding hydrogens is 264 g/mol. The van der Waals surface area contributed by atoms with E-state index in [0.29, 0.717) is 27.3 Å². The molecular formula is C12H10N4O2S. The molecule has 3 aromatic rings. The van der Waals surface area contributed by atoms with E-state index in [1.807, 2.05) is 0 Å². The van der Waals surface area contributed by atoms with Crippen molar-refractivity contribution in [1.82, 2.24) is 9.97 Å². The van der Waals surface area contributed by atoms with Gasteiger partial charge in [0.1, 0.15) is 4.88 Å². The number of benzene rings is 1. The minimum absolute atomic E-state index is 0.260. The molecule has 1 amide bonds. The number of thiophene rings is 1. The predicted molar refractivity (Wildman–Crippen MR) is 75.6 cm³/mol. The van der Waals surface area contributed by atoms with Crippen molar-refractivity contribution >= 4 is 39.7 Å². The minimum Gasteiger partial charge on any atom is -0.397 e. The number of H-pyrrole nitrogens is 2. The summed E-state index contributed by atoms with van der Waals surface area (Å²) in [5.74, 6) is -0.260. The monoisotopic (exact) mass is 274 g/mol. The van der Waals surface area contributed by atoms with Crippen LogP contribution in [0.4, 0.5) is 11.4 Å². The Hall–Kier alpha value is -2.54. The number of nitrogens with two attached hydrogens (primary N) is 1. The Morgan fingerprint density at radius 1 is 1.21 bits per heavy atom. The van der Waals surface area contributed by atoms with Gasteiger partial charge in [0.05, 0.1) is 16.7 Å². The summed E-state index contributed by atoms with van der Waals surface area (Å²) in [4.78, 5) is 28.9. The molecule has 0 fully saturated rings. The fraction of sp³-hybridized carbons (Fsp3) is 0. The van der Waals surface area contributed by atoms with E-state index >= 15 is 0 Å². The second-order valence-electron chi connectivity index (χ2n) is 4.00. The summed E-state index contributed by atoms with van der Waals surface area (Å²) in [6.45, 7) is 0. The molecule has 6 nitrogen and oxygen atoms in total. The zero-order chi connectivity index (χ0) is 13.4. The number of nitrogens with one attached hydrogen (secondary N) is 3. The Kier molecular flexibility index (Phi) is 2.60. The van der Waals surface area contributed by atoms with Crippen LogP contribution in [-0.2, 0) is 0 Å². The third-order valence-corrected chi connectivity index (χ3v) is 3.60. The zero-order valence-corrected chi connectivity index (χ0v) is 10.5. The summed E-state index contributed by atoms with van der Waals surface area (Å²) in [6, 6.07) is 6.82. The molecule has 7 heteroatoms. The van der Waals surface area contributed by atoms with Gasteiger partial charge in [-0.05, 0) is 29.6 Å². The number of hydrogen-bond donors (Lipinski definition) is 4. The van der Waals surface area contributed by atoms with Gasteiger partial charge in [0.25, 0.3) is 5.91 Å². The lowest BCUT2D eigenvalue weighted by Crippen LogP contribution is -2.11. The highest BCUT2D eigenvalue weighted by molar-refractivity contribution is 7.12. The summed E-state index contributed by atoms with van der Waals surface area (Å²) in [5, 5.41) is 4.50. The summed E-state index contributed by atoms with van der Waals surface area (Å²) < 4.78 is 0. The van der Waals surface area contributed by atoms with Gasteiger partial charge in [-0.2, -0.15) is 0 Å².